The molecule has 0 aliphatic heterocycles. The SMILES string of the molecule is Cc1ccc(OCc2ccccc2CCNC(C)C)cc1. The molecule has 2 heteroatoms. The molecule has 2 nitrogen and oxygen atoms in total. The van der Waals surface area contributed by atoms with Gasteiger partial charge in [0.1, 0.15) is 12.4 Å². The summed E-state index contributed by atoms with van der Waals surface area (Å²) < 4.78 is 5.89. The van der Waals surface area contributed by atoms with Crippen LogP contribution in [0.15, 0.2) is 48.5 Å². The molecular formula is C19H25NO. The van der Waals surface area contributed by atoms with Crippen molar-refractivity contribution in [3.05, 3.63) is 65.2 Å². The zero-order valence-corrected chi connectivity index (χ0v) is 13.2. The summed E-state index contributed by atoms with van der Waals surface area (Å²) >= 11 is 0. The average molecular weight is 283 g/mol. The highest BCUT2D eigenvalue weighted by molar-refractivity contribution is 5.29. The van der Waals surface area contributed by atoms with Gasteiger partial charge in [0.15, 0.2) is 0 Å². The van der Waals surface area contributed by atoms with Crippen LogP contribution in [0.3, 0.4) is 0 Å². The first-order valence-corrected chi connectivity index (χ1v) is 7.65. The molecule has 0 unspecified atom stereocenters. The van der Waals surface area contributed by atoms with Crippen LogP contribution in [0.1, 0.15) is 30.5 Å². The third-order valence-electron chi connectivity index (χ3n) is 3.48. The minimum atomic E-state index is 0.529. The number of benzene rings is 2. The van der Waals surface area contributed by atoms with Crippen LogP contribution < -0.4 is 10.1 Å². The standard InChI is InChI=1S/C19H25NO/c1-15(2)20-13-12-17-6-4-5-7-18(17)14-21-19-10-8-16(3)9-11-19/h4-11,15,20H,12-14H2,1-3H3. The van der Waals surface area contributed by atoms with E-state index in [1.807, 2.05) is 12.1 Å². The molecular weight excluding hydrogens is 258 g/mol. The average Bonchev–Trinajstić information content (AvgIpc) is 2.47. The predicted molar refractivity (Wildman–Crippen MR) is 88.8 cm³/mol. The lowest BCUT2D eigenvalue weighted by Crippen LogP contribution is -2.25. The van der Waals surface area contributed by atoms with Crippen molar-refractivity contribution in [3.8, 4) is 5.75 Å². The van der Waals surface area contributed by atoms with Crippen LogP contribution >= 0.6 is 0 Å². The molecule has 21 heavy (non-hydrogen) atoms. The van der Waals surface area contributed by atoms with Crippen LogP contribution in [-0.4, -0.2) is 12.6 Å². The molecule has 0 bridgehead atoms. The molecule has 0 saturated carbocycles. The first-order chi connectivity index (χ1) is 10.1. The van der Waals surface area contributed by atoms with E-state index in [1.165, 1.54) is 16.7 Å². The van der Waals surface area contributed by atoms with E-state index in [4.69, 9.17) is 4.74 Å². The second-order valence-corrected chi connectivity index (χ2v) is 5.73. The van der Waals surface area contributed by atoms with Crippen molar-refractivity contribution in [3.63, 3.8) is 0 Å². The minimum absolute atomic E-state index is 0.529. The molecule has 0 radical (unpaired) electrons. The fraction of sp³-hybridized carbons (Fsp3) is 0.368. The Hall–Kier alpha value is -1.80. The van der Waals surface area contributed by atoms with E-state index in [0.717, 1.165) is 18.7 Å². The number of rotatable bonds is 7. The van der Waals surface area contributed by atoms with Gasteiger partial charge in [0.25, 0.3) is 0 Å². The Morgan fingerprint density at radius 1 is 0.952 bits per heavy atom. The van der Waals surface area contributed by atoms with Gasteiger partial charge in [-0.2, -0.15) is 0 Å². The van der Waals surface area contributed by atoms with E-state index in [2.05, 4.69) is 62.5 Å². The molecule has 0 heterocycles. The summed E-state index contributed by atoms with van der Waals surface area (Å²) in [5.41, 5.74) is 3.88. The summed E-state index contributed by atoms with van der Waals surface area (Å²) in [6.45, 7) is 8.06. The van der Waals surface area contributed by atoms with Crippen LogP contribution in [0, 0.1) is 6.92 Å². The fourth-order valence-electron chi connectivity index (χ4n) is 2.23. The molecule has 112 valence electrons. The highest BCUT2D eigenvalue weighted by Gasteiger charge is 2.03. The third kappa shape index (κ3) is 5.24. The Labute approximate surface area is 128 Å². The van der Waals surface area contributed by atoms with Crippen molar-refractivity contribution in [2.24, 2.45) is 0 Å². The molecule has 0 amide bonds. The van der Waals surface area contributed by atoms with Crippen LogP contribution in [0.5, 0.6) is 5.75 Å². The van der Waals surface area contributed by atoms with Gasteiger partial charge in [-0.25, -0.2) is 0 Å². The lowest BCUT2D eigenvalue weighted by atomic mass is 10.1. The topological polar surface area (TPSA) is 21.3 Å². The summed E-state index contributed by atoms with van der Waals surface area (Å²) in [5.74, 6) is 0.927. The Kier molecular flexibility index (Phi) is 5.82. The highest BCUT2D eigenvalue weighted by Crippen LogP contribution is 2.16. The van der Waals surface area contributed by atoms with Gasteiger partial charge in [-0.3, -0.25) is 0 Å². The maximum Gasteiger partial charge on any atom is 0.119 e. The summed E-state index contributed by atoms with van der Waals surface area (Å²) in [5, 5.41) is 3.46. The molecule has 0 spiro atoms. The molecule has 2 rings (SSSR count). The van der Waals surface area contributed by atoms with Crippen LogP contribution in [0.2, 0.25) is 0 Å². The Balaban J connectivity index is 1.94. The van der Waals surface area contributed by atoms with Gasteiger partial charge < -0.3 is 10.1 Å². The highest BCUT2D eigenvalue weighted by atomic mass is 16.5. The summed E-state index contributed by atoms with van der Waals surface area (Å²) in [6, 6.07) is 17.3. The third-order valence-corrected chi connectivity index (χ3v) is 3.48. The van der Waals surface area contributed by atoms with Crippen LogP contribution in [-0.2, 0) is 13.0 Å². The number of aryl methyl sites for hydroxylation is 1. The Morgan fingerprint density at radius 3 is 2.29 bits per heavy atom. The van der Waals surface area contributed by atoms with E-state index in [1.54, 1.807) is 0 Å². The summed E-state index contributed by atoms with van der Waals surface area (Å²) in [7, 11) is 0. The normalized spacial score (nSPS) is 10.9. The maximum atomic E-state index is 5.89. The minimum Gasteiger partial charge on any atom is -0.489 e. The summed E-state index contributed by atoms with van der Waals surface area (Å²) in [6.07, 6.45) is 1.03. The zero-order valence-electron chi connectivity index (χ0n) is 13.2. The number of ether oxygens (including phenoxy) is 1. The van der Waals surface area contributed by atoms with Crippen LogP contribution in [0.4, 0.5) is 0 Å². The molecule has 2 aromatic rings. The smallest absolute Gasteiger partial charge is 0.119 e. The summed E-state index contributed by atoms with van der Waals surface area (Å²) in [4.78, 5) is 0. The molecule has 0 aliphatic carbocycles. The van der Waals surface area contributed by atoms with Gasteiger partial charge in [-0.1, -0.05) is 55.8 Å². The van der Waals surface area contributed by atoms with E-state index in [0.29, 0.717) is 12.6 Å². The number of hydrogen-bond acceptors (Lipinski definition) is 2. The number of hydrogen-bond donors (Lipinski definition) is 1. The molecule has 0 atom stereocenters. The van der Waals surface area contributed by atoms with Crippen molar-refractivity contribution in [1.82, 2.24) is 5.32 Å². The Bertz CT molecular complexity index is 546. The van der Waals surface area contributed by atoms with Gasteiger partial charge in [0, 0.05) is 6.04 Å². The first kappa shape index (κ1) is 15.6. The van der Waals surface area contributed by atoms with Crippen molar-refractivity contribution in [2.75, 3.05) is 6.54 Å². The van der Waals surface area contributed by atoms with Gasteiger partial charge in [0.05, 0.1) is 0 Å². The van der Waals surface area contributed by atoms with E-state index < -0.39 is 0 Å². The van der Waals surface area contributed by atoms with Crippen molar-refractivity contribution in [2.45, 2.75) is 39.8 Å². The van der Waals surface area contributed by atoms with E-state index >= 15 is 0 Å². The second kappa shape index (κ2) is 7.84. The van der Waals surface area contributed by atoms with E-state index in [9.17, 15) is 0 Å². The van der Waals surface area contributed by atoms with Gasteiger partial charge in [-0.15, -0.1) is 0 Å². The molecule has 0 saturated heterocycles. The quantitative estimate of drug-likeness (QED) is 0.825. The monoisotopic (exact) mass is 283 g/mol. The molecule has 0 aliphatic rings. The van der Waals surface area contributed by atoms with Crippen molar-refractivity contribution < 1.29 is 4.74 Å². The second-order valence-electron chi connectivity index (χ2n) is 5.73. The lowest BCUT2D eigenvalue weighted by Gasteiger charge is -2.13. The Morgan fingerprint density at radius 2 is 1.62 bits per heavy atom. The van der Waals surface area contributed by atoms with Gasteiger partial charge in [-0.05, 0) is 43.1 Å². The number of nitrogens with one attached hydrogen (secondary N) is 1. The van der Waals surface area contributed by atoms with Gasteiger partial charge >= 0.3 is 0 Å². The molecule has 1 N–H and O–H groups in total. The van der Waals surface area contributed by atoms with Gasteiger partial charge in [0.2, 0.25) is 0 Å². The largest absolute Gasteiger partial charge is 0.489 e. The van der Waals surface area contributed by atoms with E-state index in [-0.39, 0.29) is 0 Å². The molecule has 0 fully saturated rings. The maximum absolute atomic E-state index is 5.89. The zero-order chi connectivity index (χ0) is 15.1. The molecule has 0 aromatic heterocycles. The predicted octanol–water partition coefficient (Wildman–Crippen LogP) is 4.11. The fourth-order valence-corrected chi connectivity index (χ4v) is 2.23. The molecule has 2 aromatic carbocycles. The first-order valence-electron chi connectivity index (χ1n) is 7.65. The lowest BCUT2D eigenvalue weighted by molar-refractivity contribution is 0.305. The van der Waals surface area contributed by atoms with Crippen molar-refractivity contribution in [1.29, 1.82) is 0 Å². The van der Waals surface area contributed by atoms with Crippen LogP contribution in [0.25, 0.3) is 0 Å². The van der Waals surface area contributed by atoms with Crippen molar-refractivity contribution >= 4 is 0 Å².